The molecule has 0 saturated carbocycles. The van der Waals surface area contributed by atoms with Crippen molar-refractivity contribution in [2.24, 2.45) is 0 Å². The summed E-state index contributed by atoms with van der Waals surface area (Å²) in [6.45, 7) is 7.23. The molecule has 1 heterocycles. The summed E-state index contributed by atoms with van der Waals surface area (Å²) < 4.78 is 28.3. The molecule has 1 unspecified atom stereocenters. The Hall–Kier alpha value is -1.67. The van der Waals surface area contributed by atoms with Crippen LogP contribution in [0.1, 0.15) is 40.5 Å². The van der Waals surface area contributed by atoms with Gasteiger partial charge in [0.25, 0.3) is 0 Å². The van der Waals surface area contributed by atoms with Gasteiger partial charge in [0.05, 0.1) is 33.4 Å². The minimum absolute atomic E-state index is 0. The minimum atomic E-state index is -1.07. The fraction of sp³-hybridized carbons (Fsp3) is 0.762. The van der Waals surface area contributed by atoms with Crippen LogP contribution in [0.25, 0.3) is 0 Å². The summed E-state index contributed by atoms with van der Waals surface area (Å²) in [6, 6.07) is 0. The molecule has 31 heavy (non-hydrogen) atoms. The van der Waals surface area contributed by atoms with Gasteiger partial charge in [-0.1, -0.05) is 0 Å². The quantitative estimate of drug-likeness (QED) is 0.110. The van der Waals surface area contributed by atoms with Crippen LogP contribution in [0.15, 0.2) is 0 Å². The van der Waals surface area contributed by atoms with E-state index in [1.165, 1.54) is 20.8 Å². The van der Waals surface area contributed by atoms with Gasteiger partial charge < -0.3 is 45.1 Å². The third-order valence-electron chi connectivity index (χ3n) is 4.59. The number of nitrogens with zero attached hydrogens (tertiary/aromatic N) is 1. The fourth-order valence-corrected chi connectivity index (χ4v) is 3.27. The van der Waals surface area contributed by atoms with E-state index in [2.05, 4.69) is 20.0 Å². The van der Waals surface area contributed by atoms with Crippen molar-refractivity contribution in [1.29, 1.82) is 0 Å². The third kappa shape index (κ3) is 10.5. The molecule has 1 saturated heterocycles. The number of halogens is 1. The Morgan fingerprint density at radius 3 is 1.97 bits per heavy atom. The Morgan fingerprint density at radius 2 is 1.45 bits per heavy atom. The van der Waals surface area contributed by atoms with Gasteiger partial charge >= 0.3 is 17.9 Å². The number of unbranched alkanes of at least 4 members (excludes halogenated alkanes) is 1. The topological polar surface area (TPSA) is 97.4 Å². The molecule has 0 aromatic carbocycles. The summed E-state index contributed by atoms with van der Waals surface area (Å²) in [7, 11) is 4.12. The van der Waals surface area contributed by atoms with E-state index in [1.807, 2.05) is 0 Å². The number of carbonyl (C=O) groups excluding carboxylic acids is 3. The summed E-state index contributed by atoms with van der Waals surface area (Å²) >= 11 is 0. The number of hydrogen-bond donors (Lipinski definition) is 0. The average Bonchev–Trinajstić information content (AvgIpc) is 2.59. The van der Waals surface area contributed by atoms with E-state index in [9.17, 15) is 14.4 Å². The van der Waals surface area contributed by atoms with Gasteiger partial charge in [-0.05, 0) is 25.7 Å². The molecule has 5 atom stereocenters. The van der Waals surface area contributed by atoms with E-state index in [-0.39, 0.29) is 17.0 Å². The zero-order valence-electron chi connectivity index (χ0n) is 19.1. The van der Waals surface area contributed by atoms with Crippen LogP contribution in [0.3, 0.4) is 0 Å². The molecule has 1 aliphatic rings. The first-order chi connectivity index (χ1) is 14.0. The summed E-state index contributed by atoms with van der Waals surface area (Å²) in [5, 5.41) is 0. The second-order valence-electron chi connectivity index (χ2n) is 8.03. The van der Waals surface area contributed by atoms with E-state index in [0.717, 1.165) is 19.4 Å². The number of quaternary nitrogens is 1. The van der Waals surface area contributed by atoms with Crippen LogP contribution in [0, 0.1) is 12.3 Å². The molecule has 0 radical (unpaired) electrons. The van der Waals surface area contributed by atoms with Crippen LogP contribution in [-0.2, 0) is 38.1 Å². The average molecular weight is 508 g/mol. The number of hydrogen-bond acceptors (Lipinski definition) is 8. The summed E-state index contributed by atoms with van der Waals surface area (Å²) in [5.41, 5.74) is 0. The fourth-order valence-electron chi connectivity index (χ4n) is 3.27. The predicted octanol–water partition coefficient (Wildman–Crippen LogP) is -1.96. The zero-order chi connectivity index (χ0) is 22.9. The van der Waals surface area contributed by atoms with Gasteiger partial charge in [0.15, 0.2) is 24.6 Å². The second kappa shape index (κ2) is 13.7. The van der Waals surface area contributed by atoms with E-state index in [0.29, 0.717) is 17.6 Å². The molecule has 178 valence electrons. The molecule has 0 aromatic rings. The molecule has 0 bridgehead atoms. The third-order valence-corrected chi connectivity index (χ3v) is 4.59. The van der Waals surface area contributed by atoms with Gasteiger partial charge in [0.2, 0.25) is 0 Å². The molecule has 1 aliphatic heterocycles. The highest BCUT2D eigenvalue weighted by Gasteiger charge is 2.50. The SMILES string of the molecule is C#CC[N+](C)(C)CCCCOC1O[C@@H](C)[C@H](OC(C)=O)[C@@H](OC(C)=O)[C@H]1OC(C)=O.[Br-]. The summed E-state index contributed by atoms with van der Waals surface area (Å²) in [6.07, 6.45) is 2.34. The van der Waals surface area contributed by atoms with Crippen LogP contribution in [0.5, 0.6) is 0 Å². The van der Waals surface area contributed by atoms with Crippen LogP contribution < -0.4 is 17.0 Å². The first-order valence-electron chi connectivity index (χ1n) is 10.0. The molecule has 1 rings (SSSR count). The van der Waals surface area contributed by atoms with Crippen molar-refractivity contribution < 1.29 is 59.5 Å². The predicted molar refractivity (Wildman–Crippen MR) is 107 cm³/mol. The molecular weight excluding hydrogens is 474 g/mol. The van der Waals surface area contributed by atoms with Crippen LogP contribution >= 0.6 is 0 Å². The van der Waals surface area contributed by atoms with E-state index in [1.54, 1.807) is 6.92 Å². The maximum Gasteiger partial charge on any atom is 0.303 e. The molecule has 0 N–H and O–H groups in total. The van der Waals surface area contributed by atoms with Crippen LogP contribution in [-0.4, -0.2) is 86.9 Å². The minimum Gasteiger partial charge on any atom is -1.00 e. The number of terminal acetylenes is 1. The Kier molecular flexibility index (Phi) is 12.9. The highest BCUT2D eigenvalue weighted by Crippen LogP contribution is 2.29. The Bertz CT molecular complexity index is 648. The van der Waals surface area contributed by atoms with Gasteiger partial charge in [-0.15, -0.1) is 6.42 Å². The normalized spacial score (nSPS) is 25.5. The van der Waals surface area contributed by atoms with Gasteiger partial charge in [-0.2, -0.15) is 0 Å². The van der Waals surface area contributed by atoms with Crippen molar-refractivity contribution in [3.05, 3.63) is 0 Å². The largest absolute Gasteiger partial charge is 1.00 e. The number of ether oxygens (including phenoxy) is 5. The maximum atomic E-state index is 11.6. The van der Waals surface area contributed by atoms with Crippen molar-refractivity contribution >= 4 is 17.9 Å². The number of esters is 3. The number of rotatable bonds is 10. The maximum absolute atomic E-state index is 11.6. The van der Waals surface area contributed by atoms with E-state index in [4.69, 9.17) is 30.1 Å². The standard InChI is InChI=1S/C21H34NO8.BrH/c1-8-11-22(6,7)12-9-10-13-26-21-20(30-17(5)25)19(29-16(4)24)18(14(2)27-21)28-15(3)23;/h1,14,18-21H,9-13H2,2-7H3;1H/q+1;/p-1/t14-,18-,19+,20+,21?;/m0./s1. The molecule has 10 heteroatoms. The van der Waals surface area contributed by atoms with Crippen molar-refractivity contribution in [2.45, 2.75) is 71.2 Å². The lowest BCUT2D eigenvalue weighted by molar-refractivity contribution is -0.883. The lowest BCUT2D eigenvalue weighted by atomic mass is 9.99. The lowest BCUT2D eigenvalue weighted by Gasteiger charge is -2.43. The molecule has 0 aliphatic carbocycles. The first kappa shape index (κ1) is 29.3. The molecule has 0 spiro atoms. The van der Waals surface area contributed by atoms with Crippen LogP contribution in [0.2, 0.25) is 0 Å². The first-order valence-corrected chi connectivity index (χ1v) is 10.0. The summed E-state index contributed by atoms with van der Waals surface area (Å²) in [4.78, 5) is 34.8. The molecule has 0 amide bonds. The zero-order valence-corrected chi connectivity index (χ0v) is 20.7. The number of carbonyl (C=O) groups is 3. The highest BCUT2D eigenvalue weighted by atomic mass is 79.9. The molecule has 9 nitrogen and oxygen atoms in total. The van der Waals surface area contributed by atoms with Gasteiger partial charge in [-0.3, -0.25) is 14.4 Å². The van der Waals surface area contributed by atoms with Crippen molar-refractivity contribution in [3.63, 3.8) is 0 Å². The van der Waals surface area contributed by atoms with Gasteiger partial charge in [0, 0.05) is 20.8 Å². The van der Waals surface area contributed by atoms with Crippen molar-refractivity contribution in [3.8, 4) is 12.3 Å². The van der Waals surface area contributed by atoms with Crippen molar-refractivity contribution in [2.75, 3.05) is 33.8 Å². The second-order valence-corrected chi connectivity index (χ2v) is 8.03. The highest BCUT2D eigenvalue weighted by molar-refractivity contribution is 5.68. The Balaban J connectivity index is 0.00000900. The molecular formula is C21H34BrNO8. The molecule has 1 fully saturated rings. The lowest BCUT2D eigenvalue weighted by Crippen LogP contribution is -3.00. The monoisotopic (exact) mass is 507 g/mol. The van der Waals surface area contributed by atoms with E-state index >= 15 is 0 Å². The van der Waals surface area contributed by atoms with E-state index < -0.39 is 48.6 Å². The Morgan fingerprint density at radius 1 is 0.935 bits per heavy atom. The summed E-state index contributed by atoms with van der Waals surface area (Å²) in [5.74, 6) is 0.895. The van der Waals surface area contributed by atoms with Gasteiger partial charge in [-0.25, -0.2) is 0 Å². The van der Waals surface area contributed by atoms with Crippen LogP contribution in [0.4, 0.5) is 0 Å². The Labute approximate surface area is 195 Å². The molecule has 0 aromatic heterocycles. The van der Waals surface area contributed by atoms with Gasteiger partial charge in [0.1, 0.15) is 6.54 Å². The smallest absolute Gasteiger partial charge is 0.303 e. The van der Waals surface area contributed by atoms with Crippen molar-refractivity contribution in [1.82, 2.24) is 0 Å².